The van der Waals surface area contributed by atoms with E-state index in [4.69, 9.17) is 14.2 Å². The molecule has 160 valence electrons. The number of urea groups is 1. The van der Waals surface area contributed by atoms with Crippen molar-refractivity contribution in [2.75, 3.05) is 52.4 Å². The van der Waals surface area contributed by atoms with Crippen LogP contribution in [-0.4, -0.2) is 64.3 Å². The quantitative estimate of drug-likeness (QED) is 0.682. The molecule has 0 aromatic heterocycles. The third-order valence-corrected chi connectivity index (χ3v) is 5.02. The maximum absolute atomic E-state index is 12.8. The Hall–Kier alpha value is -3.42. The average Bonchev–Trinajstić information content (AvgIpc) is 3.13. The SMILES string of the molecule is COc1ccccc1CCNC(=O)CN1CCN(c2ccc(OC)c(OC)c2)C1=O. The van der Waals surface area contributed by atoms with Crippen molar-refractivity contribution in [2.45, 2.75) is 6.42 Å². The fraction of sp³-hybridized carbons (Fsp3) is 0.364. The van der Waals surface area contributed by atoms with Gasteiger partial charge < -0.3 is 24.4 Å². The highest BCUT2D eigenvalue weighted by atomic mass is 16.5. The first-order valence-electron chi connectivity index (χ1n) is 9.74. The number of nitrogens with zero attached hydrogens (tertiary/aromatic N) is 2. The lowest BCUT2D eigenvalue weighted by Gasteiger charge is -2.19. The number of methoxy groups -OCH3 is 3. The van der Waals surface area contributed by atoms with Crippen molar-refractivity contribution in [1.82, 2.24) is 10.2 Å². The second-order valence-corrected chi connectivity index (χ2v) is 6.81. The van der Waals surface area contributed by atoms with Gasteiger partial charge in [0.05, 0.1) is 21.3 Å². The molecule has 0 aliphatic carbocycles. The van der Waals surface area contributed by atoms with E-state index in [9.17, 15) is 9.59 Å². The Balaban J connectivity index is 1.53. The third-order valence-electron chi connectivity index (χ3n) is 5.02. The number of hydrogen-bond donors (Lipinski definition) is 1. The van der Waals surface area contributed by atoms with Crippen molar-refractivity contribution >= 4 is 17.6 Å². The zero-order valence-corrected chi connectivity index (χ0v) is 17.5. The maximum atomic E-state index is 12.8. The predicted molar refractivity (Wildman–Crippen MR) is 114 cm³/mol. The van der Waals surface area contributed by atoms with Crippen molar-refractivity contribution in [3.63, 3.8) is 0 Å². The number of carbonyl (C=O) groups is 2. The van der Waals surface area contributed by atoms with E-state index in [0.29, 0.717) is 43.2 Å². The molecule has 3 amide bonds. The number of ether oxygens (including phenoxy) is 3. The lowest BCUT2D eigenvalue weighted by molar-refractivity contribution is -0.121. The van der Waals surface area contributed by atoms with Crippen LogP contribution < -0.4 is 24.4 Å². The molecule has 1 fully saturated rings. The fourth-order valence-corrected chi connectivity index (χ4v) is 3.44. The molecule has 8 nitrogen and oxygen atoms in total. The molecule has 2 aromatic rings. The van der Waals surface area contributed by atoms with Gasteiger partial charge in [-0.25, -0.2) is 4.79 Å². The first-order valence-corrected chi connectivity index (χ1v) is 9.74. The van der Waals surface area contributed by atoms with Crippen molar-refractivity contribution in [3.05, 3.63) is 48.0 Å². The van der Waals surface area contributed by atoms with Crippen molar-refractivity contribution in [1.29, 1.82) is 0 Å². The van der Waals surface area contributed by atoms with Crippen LogP contribution in [0.5, 0.6) is 17.2 Å². The molecule has 0 atom stereocenters. The summed E-state index contributed by atoms with van der Waals surface area (Å²) in [6.07, 6.45) is 0.654. The number of rotatable bonds is 9. The smallest absolute Gasteiger partial charge is 0.325 e. The molecule has 1 aliphatic heterocycles. The molecule has 0 saturated carbocycles. The van der Waals surface area contributed by atoms with Gasteiger partial charge in [0, 0.05) is 31.4 Å². The molecule has 1 N–H and O–H groups in total. The molecule has 2 aromatic carbocycles. The largest absolute Gasteiger partial charge is 0.496 e. The van der Waals surface area contributed by atoms with E-state index < -0.39 is 0 Å². The van der Waals surface area contributed by atoms with Crippen LogP contribution in [0.1, 0.15) is 5.56 Å². The van der Waals surface area contributed by atoms with E-state index in [1.807, 2.05) is 24.3 Å². The summed E-state index contributed by atoms with van der Waals surface area (Å²) in [5.41, 5.74) is 1.73. The lowest BCUT2D eigenvalue weighted by Crippen LogP contribution is -2.40. The van der Waals surface area contributed by atoms with Crippen LogP contribution in [0.15, 0.2) is 42.5 Å². The monoisotopic (exact) mass is 413 g/mol. The van der Waals surface area contributed by atoms with Crippen LogP contribution in [0.4, 0.5) is 10.5 Å². The zero-order chi connectivity index (χ0) is 21.5. The highest BCUT2D eigenvalue weighted by Gasteiger charge is 2.31. The average molecular weight is 413 g/mol. The van der Waals surface area contributed by atoms with E-state index in [-0.39, 0.29) is 18.5 Å². The highest BCUT2D eigenvalue weighted by molar-refractivity contribution is 5.96. The van der Waals surface area contributed by atoms with Crippen LogP contribution >= 0.6 is 0 Å². The van der Waals surface area contributed by atoms with Gasteiger partial charge in [-0.15, -0.1) is 0 Å². The van der Waals surface area contributed by atoms with E-state index in [1.54, 1.807) is 44.4 Å². The minimum Gasteiger partial charge on any atom is -0.496 e. The number of benzene rings is 2. The van der Waals surface area contributed by atoms with Crippen molar-refractivity contribution in [3.8, 4) is 17.2 Å². The second-order valence-electron chi connectivity index (χ2n) is 6.81. The molecular formula is C22H27N3O5. The summed E-state index contributed by atoms with van der Waals surface area (Å²) in [5.74, 6) is 1.76. The topological polar surface area (TPSA) is 80.3 Å². The predicted octanol–water partition coefficient (Wildman–Crippen LogP) is 2.31. The highest BCUT2D eigenvalue weighted by Crippen LogP contribution is 2.32. The van der Waals surface area contributed by atoms with Crippen LogP contribution in [-0.2, 0) is 11.2 Å². The number of carbonyl (C=O) groups excluding carboxylic acids is 2. The van der Waals surface area contributed by atoms with Gasteiger partial charge in [0.25, 0.3) is 0 Å². The lowest BCUT2D eigenvalue weighted by atomic mass is 10.1. The van der Waals surface area contributed by atoms with E-state index in [1.165, 1.54) is 4.90 Å². The summed E-state index contributed by atoms with van der Waals surface area (Å²) in [6, 6.07) is 12.8. The molecule has 0 spiro atoms. The van der Waals surface area contributed by atoms with Gasteiger partial charge in [-0.05, 0) is 30.2 Å². The summed E-state index contributed by atoms with van der Waals surface area (Å²) < 4.78 is 15.9. The van der Waals surface area contributed by atoms with Crippen LogP contribution in [0.2, 0.25) is 0 Å². The molecule has 8 heteroatoms. The Morgan fingerprint density at radius 1 is 0.967 bits per heavy atom. The standard InChI is InChI=1S/C22H27N3O5/c1-28-18-7-5-4-6-16(18)10-11-23-21(26)15-24-12-13-25(22(24)27)17-8-9-19(29-2)20(14-17)30-3/h4-9,14H,10-13,15H2,1-3H3,(H,23,26). The number of nitrogens with one attached hydrogen (secondary N) is 1. The van der Waals surface area contributed by atoms with Gasteiger partial charge in [-0.2, -0.15) is 0 Å². The number of hydrogen-bond acceptors (Lipinski definition) is 5. The van der Waals surface area contributed by atoms with Crippen molar-refractivity contribution < 1.29 is 23.8 Å². The number of anilines is 1. The molecule has 1 aliphatic rings. The Morgan fingerprint density at radius 3 is 2.43 bits per heavy atom. The fourth-order valence-electron chi connectivity index (χ4n) is 3.44. The second kappa shape index (κ2) is 9.87. The van der Waals surface area contributed by atoms with Gasteiger partial charge in [-0.1, -0.05) is 18.2 Å². The normalized spacial score (nSPS) is 13.4. The van der Waals surface area contributed by atoms with E-state index in [0.717, 1.165) is 11.3 Å². The molecule has 3 rings (SSSR count). The van der Waals surface area contributed by atoms with E-state index in [2.05, 4.69) is 5.32 Å². The van der Waals surface area contributed by atoms with Gasteiger partial charge in [0.15, 0.2) is 11.5 Å². The molecule has 1 heterocycles. The summed E-state index contributed by atoms with van der Waals surface area (Å²) in [4.78, 5) is 28.2. The minimum atomic E-state index is -0.206. The zero-order valence-electron chi connectivity index (χ0n) is 17.5. The molecule has 30 heavy (non-hydrogen) atoms. The van der Waals surface area contributed by atoms with E-state index >= 15 is 0 Å². The molecular weight excluding hydrogens is 386 g/mol. The maximum Gasteiger partial charge on any atom is 0.325 e. The van der Waals surface area contributed by atoms with Crippen LogP contribution in [0.25, 0.3) is 0 Å². The number of para-hydroxylation sites is 1. The van der Waals surface area contributed by atoms with Crippen molar-refractivity contribution in [2.24, 2.45) is 0 Å². The minimum absolute atomic E-state index is 0.0224. The molecule has 0 unspecified atom stereocenters. The summed E-state index contributed by atoms with van der Waals surface area (Å²) in [6.45, 7) is 1.48. The first-order chi connectivity index (χ1) is 14.6. The summed E-state index contributed by atoms with van der Waals surface area (Å²) >= 11 is 0. The Labute approximate surface area is 176 Å². The van der Waals surface area contributed by atoms with Gasteiger partial charge >= 0.3 is 6.03 Å². The molecule has 0 radical (unpaired) electrons. The first kappa shape index (κ1) is 21.3. The Bertz CT molecular complexity index is 902. The Kier molecular flexibility index (Phi) is 7.00. The molecule has 0 bridgehead atoms. The van der Waals surface area contributed by atoms with Crippen LogP contribution in [0, 0.1) is 0 Å². The van der Waals surface area contributed by atoms with Gasteiger partial charge in [0.2, 0.25) is 5.91 Å². The third kappa shape index (κ3) is 4.76. The van der Waals surface area contributed by atoms with Crippen LogP contribution in [0.3, 0.4) is 0 Å². The molecule has 1 saturated heterocycles. The summed E-state index contributed by atoms with van der Waals surface area (Å²) in [5, 5.41) is 2.87. The van der Waals surface area contributed by atoms with Gasteiger partial charge in [-0.3, -0.25) is 9.69 Å². The Morgan fingerprint density at radius 2 is 1.70 bits per heavy atom. The van der Waals surface area contributed by atoms with Gasteiger partial charge in [0.1, 0.15) is 12.3 Å². The summed E-state index contributed by atoms with van der Waals surface area (Å²) in [7, 11) is 4.74. The number of amides is 3.